The zero-order valence-electron chi connectivity index (χ0n) is 50.4. The van der Waals surface area contributed by atoms with Gasteiger partial charge in [-0.15, -0.1) is 12.4 Å². The predicted molar refractivity (Wildman–Crippen MR) is 375 cm³/mol. The molecule has 474 valence electrons. The first kappa shape index (κ1) is 69.2. The fraction of sp³-hybridized carbons (Fsp3) is 0.333. The van der Waals surface area contributed by atoms with Crippen LogP contribution in [-0.4, -0.2) is 158 Å². The number of hydrogen-bond donors (Lipinski definition) is 4. The van der Waals surface area contributed by atoms with Crippen LogP contribution in [0.15, 0.2) is 200 Å². The number of halogens is 2. The van der Waals surface area contributed by atoms with Gasteiger partial charge >= 0.3 is 0 Å². The van der Waals surface area contributed by atoms with Crippen LogP contribution in [0.2, 0.25) is 0 Å². The summed E-state index contributed by atoms with van der Waals surface area (Å²) in [5.41, 5.74) is 9.09. The number of benzene rings is 9. The molecule has 3 fully saturated rings. The largest absolute Gasteiger partial charge is 0.492 e. The van der Waals surface area contributed by atoms with Crippen molar-refractivity contribution in [2.24, 2.45) is 0 Å². The molecule has 0 radical (unpaired) electrons. The Morgan fingerprint density at radius 3 is 1.24 bits per heavy atom. The Labute approximate surface area is 545 Å². The summed E-state index contributed by atoms with van der Waals surface area (Å²) in [7, 11) is 3.88. The first-order valence-corrected chi connectivity index (χ1v) is 31.6. The van der Waals surface area contributed by atoms with Crippen LogP contribution in [0.1, 0.15) is 7.43 Å². The highest BCUT2D eigenvalue weighted by molar-refractivity contribution is 14.1. The van der Waals surface area contributed by atoms with Crippen molar-refractivity contribution in [2.45, 2.75) is 25.7 Å². The van der Waals surface area contributed by atoms with E-state index in [9.17, 15) is 0 Å². The third kappa shape index (κ3) is 21.7. The van der Waals surface area contributed by atoms with E-state index in [1.807, 2.05) is 172 Å². The number of nitrogens with two attached hydrogens (primary N) is 1. The minimum atomic E-state index is 0. The molecular formula is C72H88ClIN6O9. The van der Waals surface area contributed by atoms with Gasteiger partial charge in [-0.2, -0.15) is 0 Å². The normalized spacial score (nSPS) is 16.4. The van der Waals surface area contributed by atoms with Crippen molar-refractivity contribution < 1.29 is 42.6 Å². The number of anilines is 3. The number of nitrogens with one attached hydrogen (secondary N) is 3. The minimum absolute atomic E-state index is 0. The molecule has 9 aromatic carbocycles. The molecule has 3 unspecified atom stereocenters. The maximum absolute atomic E-state index is 6.14. The molecule has 15 nitrogen and oxygen atoms in total. The van der Waals surface area contributed by atoms with Gasteiger partial charge in [-0.3, -0.25) is 9.80 Å². The number of para-hydroxylation sites is 3. The van der Waals surface area contributed by atoms with Crippen molar-refractivity contribution in [3.8, 4) is 34.5 Å². The van der Waals surface area contributed by atoms with Crippen LogP contribution >= 0.6 is 35.0 Å². The summed E-state index contributed by atoms with van der Waals surface area (Å²) < 4.78 is 53.4. The molecular weight excluding hydrogens is 1260 g/mol. The molecule has 17 heteroatoms. The van der Waals surface area contributed by atoms with Crippen molar-refractivity contribution in [2.75, 3.05) is 147 Å². The van der Waals surface area contributed by atoms with Gasteiger partial charge in [0.1, 0.15) is 85.8 Å². The molecule has 0 aromatic heterocycles. The number of rotatable bonds is 22. The molecule has 3 saturated heterocycles. The highest BCUT2D eigenvalue weighted by Crippen LogP contribution is 2.33. The second-order valence-corrected chi connectivity index (χ2v) is 22.0. The van der Waals surface area contributed by atoms with Crippen molar-refractivity contribution >= 4 is 84.4 Å². The van der Waals surface area contributed by atoms with Gasteiger partial charge in [0.15, 0.2) is 0 Å². The van der Waals surface area contributed by atoms with Gasteiger partial charge in [0.2, 0.25) is 0 Å². The van der Waals surface area contributed by atoms with Crippen LogP contribution in [0.25, 0.3) is 32.3 Å². The fourth-order valence-corrected chi connectivity index (χ4v) is 10.6. The first-order valence-electron chi connectivity index (χ1n) is 30.1. The van der Waals surface area contributed by atoms with Crippen molar-refractivity contribution in [1.29, 1.82) is 0 Å². The zero-order valence-corrected chi connectivity index (χ0v) is 53.4. The molecule has 0 spiro atoms. The summed E-state index contributed by atoms with van der Waals surface area (Å²) >= 11 is 2.31. The van der Waals surface area contributed by atoms with Crippen LogP contribution in [0, 0.1) is 0 Å². The van der Waals surface area contributed by atoms with Gasteiger partial charge < -0.3 is 64.3 Å². The fourth-order valence-electron chi connectivity index (χ4n) is 10.4. The lowest BCUT2D eigenvalue weighted by Crippen LogP contribution is -2.46. The lowest BCUT2D eigenvalue weighted by atomic mass is 10.1. The summed E-state index contributed by atoms with van der Waals surface area (Å²) in [5, 5.41) is 16.5. The lowest BCUT2D eigenvalue weighted by molar-refractivity contribution is -0.0501. The van der Waals surface area contributed by atoms with E-state index >= 15 is 0 Å². The maximum atomic E-state index is 6.14. The Morgan fingerprint density at radius 2 is 0.820 bits per heavy atom. The van der Waals surface area contributed by atoms with Crippen molar-refractivity contribution in [3.05, 3.63) is 200 Å². The van der Waals surface area contributed by atoms with Gasteiger partial charge in [0.05, 0.1) is 26.4 Å². The third-order valence-electron chi connectivity index (χ3n) is 14.9. The zero-order chi connectivity index (χ0) is 60.1. The molecule has 0 bridgehead atoms. The molecule has 3 heterocycles. The molecule has 5 N–H and O–H groups in total. The predicted octanol–water partition coefficient (Wildman–Crippen LogP) is 13.4. The number of ether oxygens (including phenoxy) is 9. The Hall–Kier alpha value is -7.26. The van der Waals surface area contributed by atoms with E-state index in [1.54, 1.807) is 0 Å². The quantitative estimate of drug-likeness (QED) is 0.0289. The van der Waals surface area contributed by atoms with Gasteiger partial charge in [-0.1, -0.05) is 157 Å². The maximum Gasteiger partial charge on any atom is 0.127 e. The Balaban J connectivity index is 0.000000175. The number of hydrogen-bond acceptors (Lipinski definition) is 15. The molecule has 0 amide bonds. The molecule has 3 aliphatic heterocycles. The average Bonchev–Trinajstić information content (AvgIpc) is 3.26. The van der Waals surface area contributed by atoms with Crippen molar-refractivity contribution in [3.63, 3.8) is 0 Å². The van der Waals surface area contributed by atoms with E-state index in [1.165, 1.54) is 16.2 Å². The summed E-state index contributed by atoms with van der Waals surface area (Å²) in [6.45, 7) is 13.1. The summed E-state index contributed by atoms with van der Waals surface area (Å²) in [5.74, 6) is 5.43. The van der Waals surface area contributed by atoms with Crippen molar-refractivity contribution in [1.82, 2.24) is 15.1 Å². The third-order valence-corrected chi connectivity index (χ3v) is 15.3. The average molecular weight is 1340 g/mol. The van der Waals surface area contributed by atoms with E-state index in [0.717, 1.165) is 144 Å². The van der Waals surface area contributed by atoms with Crippen LogP contribution in [-0.2, 0) is 14.2 Å². The second kappa shape index (κ2) is 38.3. The van der Waals surface area contributed by atoms with Crippen LogP contribution < -0.4 is 50.1 Å². The number of nitrogens with zero attached hydrogens (tertiary/aromatic N) is 2. The van der Waals surface area contributed by atoms with Crippen LogP contribution in [0.4, 0.5) is 17.1 Å². The van der Waals surface area contributed by atoms with Gasteiger partial charge in [0, 0.05) is 120 Å². The first-order chi connectivity index (χ1) is 42.9. The van der Waals surface area contributed by atoms with E-state index < -0.39 is 0 Å². The number of nitrogen functional groups attached to an aromatic ring is 1. The topological polar surface area (TPSA) is 152 Å². The van der Waals surface area contributed by atoms with E-state index in [0.29, 0.717) is 39.6 Å². The highest BCUT2D eigenvalue weighted by atomic mass is 127. The van der Waals surface area contributed by atoms with Crippen LogP contribution in [0.5, 0.6) is 34.5 Å². The van der Waals surface area contributed by atoms with Gasteiger partial charge in [0.25, 0.3) is 0 Å². The Bertz CT molecular complexity index is 3430. The molecule has 3 aliphatic rings. The van der Waals surface area contributed by atoms with Crippen LogP contribution in [0.3, 0.4) is 0 Å². The summed E-state index contributed by atoms with van der Waals surface area (Å²) in [4.78, 5) is 4.74. The SMILES string of the molecule is C.CNc1ccc(OCCI)c2ccccc12.CNc1ccc(OCCN2CCOC(COc3ccccc3)C2)c2ccccc12.Cl.Nc1ccc(OCCN2CCOC(COc3ccccc3)C2)c2ccccc12.c1ccc(OCC2CNCCO2)cc1. The van der Waals surface area contributed by atoms with E-state index in [-0.39, 0.29) is 38.1 Å². The molecule has 3 atom stereocenters. The molecule has 0 saturated carbocycles. The van der Waals surface area contributed by atoms with Gasteiger partial charge in [-0.25, -0.2) is 0 Å². The number of morpholine rings is 3. The monoisotopic (exact) mass is 1340 g/mol. The van der Waals surface area contributed by atoms with E-state index in [4.69, 9.17) is 48.4 Å². The minimum Gasteiger partial charge on any atom is -0.492 e. The number of fused-ring (bicyclic) bond motifs is 3. The molecule has 9 aromatic rings. The smallest absolute Gasteiger partial charge is 0.127 e. The Kier molecular flexibility index (Phi) is 29.8. The molecule has 89 heavy (non-hydrogen) atoms. The standard InChI is InChI=1S/C24H28N2O3.C23H26N2O3.C13H14INO.C11H15NO2.CH4.ClH/c1-25-23-11-12-24(22-10-6-5-9-21(22)23)28-16-14-26-13-15-27-20(17-26)18-29-19-7-3-2-4-8-19;24-22-10-11-23(21-9-5-4-8-20(21)22)27-15-13-25-12-14-26-19(16-25)17-28-18-6-2-1-3-7-18;1-15-12-6-7-13(16-9-8-14)11-5-3-2-4-10(11)12;1-2-4-10(5-3-1)14-9-11-8-12-6-7-13-11;;/h2-12,20,25H,13-18H2,1H3;1-11,19H,12-17,24H2;2-7,15H,8-9H2,1H3;1-5,11-12H,6-9H2;1H4;1H. The van der Waals surface area contributed by atoms with Gasteiger partial charge in [-0.05, 0) is 72.8 Å². The lowest BCUT2D eigenvalue weighted by Gasteiger charge is -2.32. The highest BCUT2D eigenvalue weighted by Gasteiger charge is 2.23. The molecule has 0 aliphatic carbocycles. The summed E-state index contributed by atoms with van der Waals surface area (Å²) in [6.07, 6.45) is 0.343. The Morgan fingerprint density at radius 1 is 0.449 bits per heavy atom. The summed E-state index contributed by atoms with van der Waals surface area (Å²) in [6, 6.07) is 66.3. The molecule has 12 rings (SSSR count). The van der Waals surface area contributed by atoms with E-state index in [2.05, 4.69) is 90.8 Å². The second-order valence-electron chi connectivity index (χ2n) is 20.9. The number of alkyl halides is 1.